The molecular formula is C16H15N3OS2. The van der Waals surface area contributed by atoms with E-state index in [1.807, 2.05) is 35.7 Å². The summed E-state index contributed by atoms with van der Waals surface area (Å²) >= 11 is 3.01. The quantitative estimate of drug-likeness (QED) is 0.568. The number of anilines is 1. The van der Waals surface area contributed by atoms with E-state index in [-0.39, 0.29) is 5.91 Å². The molecule has 2 heterocycles. The van der Waals surface area contributed by atoms with E-state index >= 15 is 0 Å². The molecule has 0 aliphatic rings. The zero-order valence-corrected chi connectivity index (χ0v) is 13.7. The van der Waals surface area contributed by atoms with Gasteiger partial charge in [-0.25, -0.2) is 9.97 Å². The highest BCUT2D eigenvalue weighted by molar-refractivity contribution is 8.00. The number of rotatable bonds is 5. The number of hydrogen-bond acceptors (Lipinski definition) is 5. The molecule has 1 N–H and O–H groups in total. The zero-order valence-electron chi connectivity index (χ0n) is 12.1. The fourth-order valence-electron chi connectivity index (χ4n) is 2.04. The Labute approximate surface area is 137 Å². The summed E-state index contributed by atoms with van der Waals surface area (Å²) in [5.74, 6) is 0.300. The number of benzene rings is 1. The molecule has 3 rings (SSSR count). The maximum absolute atomic E-state index is 12.0. The first-order valence-electron chi connectivity index (χ1n) is 6.96. The molecule has 1 aromatic carbocycles. The smallest absolute Gasteiger partial charge is 0.234 e. The van der Waals surface area contributed by atoms with E-state index < -0.39 is 0 Å². The molecule has 0 saturated heterocycles. The Balaban J connectivity index is 1.61. The van der Waals surface area contributed by atoms with Crippen LogP contribution < -0.4 is 5.32 Å². The molecule has 0 unspecified atom stereocenters. The number of carbonyl (C=O) groups excluding carboxylic acids is 1. The summed E-state index contributed by atoms with van der Waals surface area (Å²) in [5, 5.41) is 6.75. The average molecular weight is 329 g/mol. The lowest BCUT2D eigenvalue weighted by Crippen LogP contribution is -2.14. The van der Waals surface area contributed by atoms with Crippen molar-refractivity contribution in [3.8, 4) is 0 Å². The first kappa shape index (κ1) is 15.0. The first-order valence-corrected chi connectivity index (χ1v) is 8.82. The average Bonchev–Trinajstić information content (AvgIpc) is 3.03. The summed E-state index contributed by atoms with van der Waals surface area (Å²) < 4.78 is 0. The van der Waals surface area contributed by atoms with Crippen molar-refractivity contribution >= 4 is 44.9 Å². The summed E-state index contributed by atoms with van der Waals surface area (Å²) in [5.41, 5.74) is 2.08. The van der Waals surface area contributed by atoms with Gasteiger partial charge in [0.1, 0.15) is 16.2 Å². The zero-order chi connectivity index (χ0) is 15.4. The molecule has 0 radical (unpaired) electrons. The molecule has 112 valence electrons. The molecule has 0 spiro atoms. The third kappa shape index (κ3) is 3.45. The van der Waals surface area contributed by atoms with Crippen LogP contribution in [0.2, 0.25) is 0 Å². The lowest BCUT2D eigenvalue weighted by atomic mass is 10.1. The Bertz CT molecular complexity index is 783. The van der Waals surface area contributed by atoms with E-state index in [1.54, 1.807) is 17.7 Å². The number of nitrogens with zero attached hydrogens (tertiary/aromatic N) is 2. The van der Waals surface area contributed by atoms with Crippen LogP contribution in [0.3, 0.4) is 0 Å². The molecule has 0 aliphatic heterocycles. The van der Waals surface area contributed by atoms with Gasteiger partial charge in [0.15, 0.2) is 0 Å². The Morgan fingerprint density at radius 1 is 1.23 bits per heavy atom. The summed E-state index contributed by atoms with van der Waals surface area (Å²) in [6, 6.07) is 9.92. The highest BCUT2D eigenvalue weighted by Crippen LogP contribution is 2.27. The largest absolute Gasteiger partial charge is 0.325 e. The molecule has 1 amide bonds. The van der Waals surface area contributed by atoms with Crippen molar-refractivity contribution in [3.05, 3.63) is 47.6 Å². The van der Waals surface area contributed by atoms with Crippen molar-refractivity contribution in [2.75, 3.05) is 11.1 Å². The predicted molar refractivity (Wildman–Crippen MR) is 92.6 cm³/mol. The van der Waals surface area contributed by atoms with Gasteiger partial charge in [-0.3, -0.25) is 4.79 Å². The Morgan fingerprint density at radius 3 is 2.82 bits per heavy atom. The minimum atomic E-state index is -0.0313. The molecule has 4 nitrogen and oxygen atoms in total. The van der Waals surface area contributed by atoms with Crippen molar-refractivity contribution < 1.29 is 4.79 Å². The van der Waals surface area contributed by atoms with Crippen LogP contribution in [0, 0.1) is 0 Å². The molecule has 3 aromatic rings. The summed E-state index contributed by atoms with van der Waals surface area (Å²) in [4.78, 5) is 21.5. The number of aromatic nitrogens is 2. The van der Waals surface area contributed by atoms with Gasteiger partial charge in [0, 0.05) is 11.1 Å². The van der Waals surface area contributed by atoms with E-state index in [9.17, 15) is 4.79 Å². The fraction of sp³-hybridized carbons (Fsp3) is 0.188. The molecule has 0 saturated carbocycles. The molecule has 22 heavy (non-hydrogen) atoms. The standard InChI is InChI=1S/C16H15N3OS2/c1-2-11-3-5-12(6-4-11)19-14(20)9-22-16-13-7-8-21-15(13)17-10-18-16/h3-8,10H,2,9H2,1H3,(H,19,20). The van der Waals surface area contributed by atoms with Gasteiger partial charge in [-0.1, -0.05) is 30.8 Å². The van der Waals surface area contributed by atoms with Crippen molar-refractivity contribution in [2.45, 2.75) is 18.4 Å². The Kier molecular flexibility index (Phi) is 4.70. The third-order valence-electron chi connectivity index (χ3n) is 3.21. The Morgan fingerprint density at radius 2 is 2.05 bits per heavy atom. The molecule has 0 aliphatic carbocycles. The SMILES string of the molecule is CCc1ccc(NC(=O)CSc2ncnc3sccc23)cc1. The van der Waals surface area contributed by atoms with E-state index in [1.165, 1.54) is 17.3 Å². The monoisotopic (exact) mass is 329 g/mol. The highest BCUT2D eigenvalue weighted by Gasteiger charge is 2.09. The maximum atomic E-state index is 12.0. The van der Waals surface area contributed by atoms with Gasteiger partial charge in [0.25, 0.3) is 0 Å². The van der Waals surface area contributed by atoms with Crippen molar-refractivity contribution in [1.29, 1.82) is 0 Å². The van der Waals surface area contributed by atoms with Crippen LogP contribution in [-0.4, -0.2) is 21.6 Å². The van der Waals surface area contributed by atoms with Gasteiger partial charge in [-0.15, -0.1) is 11.3 Å². The van der Waals surface area contributed by atoms with Crippen LogP contribution in [0.1, 0.15) is 12.5 Å². The van der Waals surface area contributed by atoms with Crippen molar-refractivity contribution in [1.82, 2.24) is 9.97 Å². The molecule has 0 atom stereocenters. The van der Waals surface area contributed by atoms with Gasteiger partial charge >= 0.3 is 0 Å². The number of thioether (sulfide) groups is 1. The van der Waals surface area contributed by atoms with Crippen LogP contribution in [-0.2, 0) is 11.2 Å². The lowest BCUT2D eigenvalue weighted by molar-refractivity contribution is -0.113. The van der Waals surface area contributed by atoms with Gasteiger partial charge in [0.05, 0.1) is 5.75 Å². The molecular weight excluding hydrogens is 314 g/mol. The normalized spacial score (nSPS) is 10.8. The second kappa shape index (κ2) is 6.89. The first-order chi connectivity index (χ1) is 10.8. The van der Waals surface area contributed by atoms with Crippen LogP contribution in [0.4, 0.5) is 5.69 Å². The van der Waals surface area contributed by atoms with Gasteiger partial charge in [-0.2, -0.15) is 0 Å². The number of aryl methyl sites for hydroxylation is 1. The van der Waals surface area contributed by atoms with E-state index in [4.69, 9.17) is 0 Å². The van der Waals surface area contributed by atoms with E-state index in [0.717, 1.165) is 27.4 Å². The molecule has 0 fully saturated rings. The van der Waals surface area contributed by atoms with Gasteiger partial charge in [-0.05, 0) is 35.6 Å². The van der Waals surface area contributed by atoms with Gasteiger partial charge in [0.2, 0.25) is 5.91 Å². The number of thiophene rings is 1. The molecule has 2 aromatic heterocycles. The number of fused-ring (bicyclic) bond motifs is 1. The van der Waals surface area contributed by atoms with E-state index in [2.05, 4.69) is 22.2 Å². The van der Waals surface area contributed by atoms with Crippen LogP contribution in [0.25, 0.3) is 10.2 Å². The molecule has 0 bridgehead atoms. The second-order valence-corrected chi connectivity index (χ2v) is 6.56. The number of amides is 1. The lowest BCUT2D eigenvalue weighted by Gasteiger charge is -2.06. The highest BCUT2D eigenvalue weighted by atomic mass is 32.2. The topological polar surface area (TPSA) is 54.9 Å². The summed E-state index contributed by atoms with van der Waals surface area (Å²) in [6.45, 7) is 2.11. The van der Waals surface area contributed by atoms with Crippen LogP contribution in [0.15, 0.2) is 47.1 Å². The number of hydrogen-bond donors (Lipinski definition) is 1. The summed E-state index contributed by atoms with van der Waals surface area (Å²) in [7, 11) is 0. The summed E-state index contributed by atoms with van der Waals surface area (Å²) in [6.07, 6.45) is 2.54. The fourth-order valence-corrected chi connectivity index (χ4v) is 3.62. The Hall–Kier alpha value is -1.92. The minimum absolute atomic E-state index is 0.0313. The maximum Gasteiger partial charge on any atom is 0.234 e. The number of nitrogens with one attached hydrogen (secondary N) is 1. The third-order valence-corrected chi connectivity index (χ3v) is 5.04. The molecule has 6 heteroatoms. The van der Waals surface area contributed by atoms with Crippen LogP contribution in [0.5, 0.6) is 0 Å². The van der Waals surface area contributed by atoms with Gasteiger partial charge < -0.3 is 5.32 Å². The second-order valence-electron chi connectivity index (χ2n) is 4.71. The van der Waals surface area contributed by atoms with Crippen molar-refractivity contribution in [2.24, 2.45) is 0 Å². The predicted octanol–water partition coefficient (Wildman–Crippen LogP) is 3.98. The number of carbonyl (C=O) groups is 1. The van der Waals surface area contributed by atoms with Crippen LogP contribution >= 0.6 is 23.1 Å². The van der Waals surface area contributed by atoms with Crippen molar-refractivity contribution in [3.63, 3.8) is 0 Å². The minimum Gasteiger partial charge on any atom is -0.325 e. The van der Waals surface area contributed by atoms with E-state index in [0.29, 0.717) is 5.75 Å².